The molecule has 0 aromatic heterocycles. The van der Waals surface area contributed by atoms with Crippen LogP contribution >= 0.6 is 0 Å². The SMILES string of the molecule is CCOCc1ccccc1NC1C(C)(C)[C@H]2CC[C@]1(C)C2. The molecule has 2 saturated carbocycles. The summed E-state index contributed by atoms with van der Waals surface area (Å²) < 4.78 is 5.62. The third-order valence-electron chi connectivity index (χ3n) is 6.05. The molecule has 3 atom stereocenters. The third-order valence-corrected chi connectivity index (χ3v) is 6.05. The molecule has 2 fully saturated rings. The van der Waals surface area contributed by atoms with Crippen LogP contribution in [0.25, 0.3) is 0 Å². The highest BCUT2D eigenvalue weighted by Gasteiger charge is 2.59. The maximum atomic E-state index is 5.62. The molecular formula is C19H29NO. The fourth-order valence-corrected chi connectivity index (χ4v) is 4.82. The topological polar surface area (TPSA) is 21.3 Å². The van der Waals surface area contributed by atoms with Gasteiger partial charge in [0.25, 0.3) is 0 Å². The van der Waals surface area contributed by atoms with Crippen molar-refractivity contribution in [1.82, 2.24) is 0 Å². The molecule has 2 nitrogen and oxygen atoms in total. The van der Waals surface area contributed by atoms with Crippen molar-refractivity contribution >= 4 is 5.69 Å². The lowest BCUT2D eigenvalue weighted by Gasteiger charge is -2.44. The van der Waals surface area contributed by atoms with E-state index >= 15 is 0 Å². The monoisotopic (exact) mass is 287 g/mol. The Morgan fingerprint density at radius 2 is 2.00 bits per heavy atom. The summed E-state index contributed by atoms with van der Waals surface area (Å²) in [5, 5.41) is 3.90. The van der Waals surface area contributed by atoms with Gasteiger partial charge in [-0.1, -0.05) is 39.0 Å². The Balaban J connectivity index is 1.83. The molecule has 2 aliphatic rings. The summed E-state index contributed by atoms with van der Waals surface area (Å²) in [6, 6.07) is 9.18. The van der Waals surface area contributed by atoms with Crippen molar-refractivity contribution in [2.24, 2.45) is 16.7 Å². The molecule has 0 aliphatic heterocycles. The van der Waals surface area contributed by atoms with E-state index in [1.807, 2.05) is 0 Å². The van der Waals surface area contributed by atoms with Crippen molar-refractivity contribution < 1.29 is 4.74 Å². The van der Waals surface area contributed by atoms with E-state index in [1.165, 1.54) is 30.5 Å². The smallest absolute Gasteiger partial charge is 0.0736 e. The third kappa shape index (κ3) is 2.48. The normalized spacial score (nSPS) is 33.3. The number of benzene rings is 1. The van der Waals surface area contributed by atoms with E-state index in [1.54, 1.807) is 0 Å². The van der Waals surface area contributed by atoms with Gasteiger partial charge in [-0.15, -0.1) is 0 Å². The maximum absolute atomic E-state index is 5.62. The van der Waals surface area contributed by atoms with Crippen LogP contribution in [0.1, 0.15) is 52.5 Å². The molecule has 0 saturated heterocycles. The van der Waals surface area contributed by atoms with E-state index in [0.29, 0.717) is 23.5 Å². The summed E-state index contributed by atoms with van der Waals surface area (Å²) in [6.45, 7) is 10.9. The first-order valence-electron chi connectivity index (χ1n) is 8.39. The average molecular weight is 287 g/mol. The number of hydrogen-bond acceptors (Lipinski definition) is 2. The summed E-state index contributed by atoms with van der Waals surface area (Å²) >= 11 is 0. The van der Waals surface area contributed by atoms with Gasteiger partial charge in [0, 0.05) is 23.9 Å². The van der Waals surface area contributed by atoms with Crippen molar-refractivity contribution in [1.29, 1.82) is 0 Å². The van der Waals surface area contributed by atoms with E-state index in [0.717, 1.165) is 12.5 Å². The van der Waals surface area contributed by atoms with Crippen molar-refractivity contribution in [2.75, 3.05) is 11.9 Å². The number of ether oxygens (including phenoxy) is 1. The molecule has 0 amide bonds. The summed E-state index contributed by atoms with van der Waals surface area (Å²) in [5.41, 5.74) is 3.37. The highest BCUT2D eigenvalue weighted by Crippen LogP contribution is 2.63. The lowest BCUT2D eigenvalue weighted by Crippen LogP contribution is -2.45. The molecule has 0 spiro atoms. The van der Waals surface area contributed by atoms with Gasteiger partial charge in [0.15, 0.2) is 0 Å². The number of para-hydroxylation sites is 1. The predicted molar refractivity (Wildman–Crippen MR) is 88.4 cm³/mol. The first-order chi connectivity index (χ1) is 9.97. The summed E-state index contributed by atoms with van der Waals surface area (Å²) in [7, 11) is 0. The minimum atomic E-state index is 0.381. The van der Waals surface area contributed by atoms with Crippen molar-refractivity contribution in [3.05, 3.63) is 29.8 Å². The zero-order valence-electron chi connectivity index (χ0n) is 13.9. The Labute approximate surface area is 129 Å². The molecule has 116 valence electrons. The van der Waals surface area contributed by atoms with E-state index in [2.05, 4.69) is 57.3 Å². The van der Waals surface area contributed by atoms with E-state index in [4.69, 9.17) is 4.74 Å². The van der Waals surface area contributed by atoms with Crippen LogP contribution < -0.4 is 5.32 Å². The maximum Gasteiger partial charge on any atom is 0.0736 e. The molecule has 3 rings (SSSR count). The largest absolute Gasteiger partial charge is 0.381 e. The number of anilines is 1. The molecule has 21 heavy (non-hydrogen) atoms. The second kappa shape index (κ2) is 5.31. The number of hydrogen-bond donors (Lipinski definition) is 1. The Morgan fingerprint density at radius 3 is 2.67 bits per heavy atom. The van der Waals surface area contributed by atoms with Crippen LogP contribution in [0, 0.1) is 16.7 Å². The van der Waals surface area contributed by atoms with Gasteiger partial charge in [0.05, 0.1) is 6.61 Å². The molecule has 2 aliphatic carbocycles. The standard InChI is InChI=1S/C19H29NO/c1-5-21-13-14-8-6-7-9-16(14)20-17-18(2,3)15-10-11-19(17,4)12-15/h6-9,15,17,20H,5,10-13H2,1-4H3/t15-,17?,19+/m0/s1. The van der Waals surface area contributed by atoms with Gasteiger partial charge < -0.3 is 10.1 Å². The van der Waals surface area contributed by atoms with Crippen LogP contribution in [0.15, 0.2) is 24.3 Å². The summed E-state index contributed by atoms with van der Waals surface area (Å²) in [5.74, 6) is 0.874. The Hall–Kier alpha value is -1.02. The summed E-state index contributed by atoms with van der Waals surface area (Å²) in [6.07, 6.45) is 4.15. The number of rotatable bonds is 5. The van der Waals surface area contributed by atoms with Gasteiger partial charge in [0.1, 0.15) is 0 Å². The Bertz CT molecular complexity index is 505. The first-order valence-corrected chi connectivity index (χ1v) is 8.39. The van der Waals surface area contributed by atoms with Gasteiger partial charge in [-0.05, 0) is 49.0 Å². The van der Waals surface area contributed by atoms with Crippen molar-refractivity contribution in [3.8, 4) is 0 Å². The molecule has 1 N–H and O–H groups in total. The van der Waals surface area contributed by atoms with Crippen LogP contribution in [0.5, 0.6) is 0 Å². The van der Waals surface area contributed by atoms with Crippen LogP contribution in [-0.4, -0.2) is 12.6 Å². The minimum absolute atomic E-state index is 0.381. The lowest BCUT2D eigenvalue weighted by molar-refractivity contribution is 0.133. The Kier molecular flexibility index (Phi) is 3.77. The highest BCUT2D eigenvalue weighted by molar-refractivity contribution is 5.52. The van der Waals surface area contributed by atoms with Crippen molar-refractivity contribution in [3.63, 3.8) is 0 Å². The molecular weight excluding hydrogens is 258 g/mol. The molecule has 0 radical (unpaired) electrons. The first kappa shape index (κ1) is 14.9. The van der Waals surface area contributed by atoms with Gasteiger partial charge in [-0.2, -0.15) is 0 Å². The van der Waals surface area contributed by atoms with Gasteiger partial charge in [0.2, 0.25) is 0 Å². The second-order valence-corrected chi connectivity index (χ2v) is 7.79. The lowest BCUT2D eigenvalue weighted by atomic mass is 9.68. The number of nitrogens with one attached hydrogen (secondary N) is 1. The van der Waals surface area contributed by atoms with Crippen LogP contribution in [0.4, 0.5) is 5.69 Å². The molecule has 2 heteroatoms. The van der Waals surface area contributed by atoms with Crippen molar-refractivity contribution in [2.45, 2.75) is 59.6 Å². The predicted octanol–water partition coefficient (Wildman–Crippen LogP) is 4.85. The quantitative estimate of drug-likeness (QED) is 0.836. The average Bonchev–Trinajstić information content (AvgIpc) is 2.93. The molecule has 1 unspecified atom stereocenters. The van der Waals surface area contributed by atoms with Crippen LogP contribution in [0.2, 0.25) is 0 Å². The second-order valence-electron chi connectivity index (χ2n) is 7.79. The Morgan fingerprint density at radius 1 is 1.24 bits per heavy atom. The van der Waals surface area contributed by atoms with Crippen LogP contribution in [0.3, 0.4) is 0 Å². The molecule has 0 heterocycles. The minimum Gasteiger partial charge on any atom is -0.381 e. The van der Waals surface area contributed by atoms with E-state index in [-0.39, 0.29) is 0 Å². The zero-order chi connectivity index (χ0) is 15.1. The molecule has 1 aromatic carbocycles. The highest BCUT2D eigenvalue weighted by atomic mass is 16.5. The zero-order valence-corrected chi connectivity index (χ0v) is 13.9. The summed E-state index contributed by atoms with van der Waals surface area (Å²) in [4.78, 5) is 0. The molecule has 1 aromatic rings. The fourth-order valence-electron chi connectivity index (χ4n) is 4.82. The fraction of sp³-hybridized carbons (Fsp3) is 0.684. The molecule has 2 bridgehead atoms. The van der Waals surface area contributed by atoms with E-state index < -0.39 is 0 Å². The van der Waals surface area contributed by atoms with Crippen LogP contribution in [-0.2, 0) is 11.3 Å². The van der Waals surface area contributed by atoms with Gasteiger partial charge in [-0.25, -0.2) is 0 Å². The van der Waals surface area contributed by atoms with E-state index in [9.17, 15) is 0 Å². The van der Waals surface area contributed by atoms with Gasteiger partial charge >= 0.3 is 0 Å². The van der Waals surface area contributed by atoms with Gasteiger partial charge in [-0.3, -0.25) is 0 Å². The number of fused-ring (bicyclic) bond motifs is 2.